The van der Waals surface area contributed by atoms with Crippen molar-refractivity contribution in [1.82, 2.24) is 15.8 Å². The normalized spacial score (nSPS) is 12.3. The Kier molecular flexibility index (Phi) is 12.6. The molecule has 2 aromatic rings. The molecule has 7 heteroatoms. The second kappa shape index (κ2) is 14.4. The van der Waals surface area contributed by atoms with Crippen molar-refractivity contribution in [2.45, 2.75) is 53.7 Å². The van der Waals surface area contributed by atoms with E-state index in [1.807, 2.05) is 18.2 Å². The van der Waals surface area contributed by atoms with Crippen molar-refractivity contribution in [2.24, 2.45) is 10.9 Å². The first-order chi connectivity index (χ1) is 13.7. The van der Waals surface area contributed by atoms with Gasteiger partial charge < -0.3 is 19.9 Å². The van der Waals surface area contributed by atoms with Crippen LogP contribution in [-0.2, 0) is 30.7 Å². The van der Waals surface area contributed by atoms with Gasteiger partial charge in [0.25, 0.3) is 0 Å². The monoisotopic (exact) mass is 514 g/mol. The lowest BCUT2D eigenvalue weighted by Gasteiger charge is -2.16. The van der Waals surface area contributed by atoms with Crippen LogP contribution in [-0.4, -0.2) is 30.8 Å². The Hall–Kier alpha value is -1.61. The Bertz CT molecular complexity index is 697. The molecule has 2 N–H and O–H groups in total. The van der Waals surface area contributed by atoms with Crippen molar-refractivity contribution < 1.29 is 9.26 Å². The minimum atomic E-state index is 0. The predicted octanol–water partition coefficient (Wildman–Crippen LogP) is 4.33. The van der Waals surface area contributed by atoms with E-state index in [1.165, 1.54) is 5.56 Å². The van der Waals surface area contributed by atoms with Gasteiger partial charge in [0.15, 0.2) is 5.96 Å². The molecule has 0 spiro atoms. The standard InChI is InChI=1S/C22H34N4O2.HI/c1-5-20-19(21(6-2)28-26-20)14-25-22(23-7-3)24-13-17(4)15-27-16-18-11-9-8-10-12-18;/h8-12,17H,5-7,13-16H2,1-4H3,(H2,23,24,25);1H. The molecule has 0 aliphatic carbocycles. The lowest BCUT2D eigenvalue weighted by molar-refractivity contribution is 0.0931. The average Bonchev–Trinajstić information content (AvgIpc) is 3.13. The minimum absolute atomic E-state index is 0. The Morgan fingerprint density at radius 2 is 1.90 bits per heavy atom. The first-order valence-electron chi connectivity index (χ1n) is 10.3. The topological polar surface area (TPSA) is 71.7 Å². The zero-order valence-electron chi connectivity index (χ0n) is 18.0. The molecule has 2 rings (SSSR count). The number of aryl methyl sites for hydroxylation is 2. The predicted molar refractivity (Wildman–Crippen MR) is 129 cm³/mol. The Balaban J connectivity index is 0.00000420. The molecular weight excluding hydrogens is 479 g/mol. The van der Waals surface area contributed by atoms with E-state index in [2.05, 4.69) is 55.6 Å². The van der Waals surface area contributed by atoms with E-state index in [0.717, 1.165) is 48.9 Å². The SMILES string of the molecule is CCNC(=NCc1c(CC)noc1CC)NCC(C)COCc1ccccc1.I. The van der Waals surface area contributed by atoms with Gasteiger partial charge in [0.1, 0.15) is 5.76 Å². The molecule has 1 unspecified atom stereocenters. The minimum Gasteiger partial charge on any atom is -0.376 e. The van der Waals surface area contributed by atoms with Crippen molar-refractivity contribution in [1.29, 1.82) is 0 Å². The summed E-state index contributed by atoms with van der Waals surface area (Å²) >= 11 is 0. The molecular formula is C22H35IN4O2. The van der Waals surface area contributed by atoms with Crippen LogP contribution in [0.25, 0.3) is 0 Å². The number of rotatable bonds is 11. The summed E-state index contributed by atoms with van der Waals surface area (Å²) in [5, 5.41) is 10.9. The molecule has 0 saturated heterocycles. The third kappa shape index (κ3) is 8.74. The number of ether oxygens (including phenoxy) is 1. The van der Waals surface area contributed by atoms with E-state index >= 15 is 0 Å². The number of benzene rings is 1. The summed E-state index contributed by atoms with van der Waals surface area (Å²) in [5.41, 5.74) is 3.31. The molecule has 0 fully saturated rings. The summed E-state index contributed by atoms with van der Waals surface area (Å²) in [5.74, 6) is 2.11. The van der Waals surface area contributed by atoms with Crippen LogP contribution in [0.3, 0.4) is 0 Å². The van der Waals surface area contributed by atoms with Gasteiger partial charge in [0.2, 0.25) is 0 Å². The maximum absolute atomic E-state index is 5.83. The third-order valence-corrected chi connectivity index (χ3v) is 4.48. The molecule has 1 aromatic carbocycles. The fraction of sp³-hybridized carbons (Fsp3) is 0.545. The number of aliphatic imine (C=N–C) groups is 1. The summed E-state index contributed by atoms with van der Waals surface area (Å²) < 4.78 is 11.3. The number of aromatic nitrogens is 1. The highest BCUT2D eigenvalue weighted by Gasteiger charge is 2.13. The lowest BCUT2D eigenvalue weighted by Crippen LogP contribution is -2.40. The molecule has 1 heterocycles. The number of halogens is 1. The molecule has 0 saturated carbocycles. The highest BCUT2D eigenvalue weighted by Crippen LogP contribution is 2.16. The van der Waals surface area contributed by atoms with Gasteiger partial charge in [-0.05, 0) is 24.8 Å². The van der Waals surface area contributed by atoms with Gasteiger partial charge in [-0.25, -0.2) is 4.99 Å². The fourth-order valence-corrected chi connectivity index (χ4v) is 2.90. The molecule has 6 nitrogen and oxygen atoms in total. The zero-order valence-corrected chi connectivity index (χ0v) is 20.4. The van der Waals surface area contributed by atoms with E-state index in [1.54, 1.807) is 0 Å². The average molecular weight is 514 g/mol. The second-order valence-electron chi connectivity index (χ2n) is 6.92. The van der Waals surface area contributed by atoms with E-state index in [0.29, 0.717) is 25.7 Å². The van der Waals surface area contributed by atoms with Crippen molar-refractivity contribution >= 4 is 29.9 Å². The molecule has 0 aliphatic heterocycles. The van der Waals surface area contributed by atoms with Gasteiger partial charge >= 0.3 is 0 Å². The molecule has 1 atom stereocenters. The van der Waals surface area contributed by atoms with Gasteiger partial charge in [0, 0.05) is 25.1 Å². The Morgan fingerprint density at radius 1 is 1.14 bits per heavy atom. The van der Waals surface area contributed by atoms with Crippen molar-refractivity contribution in [2.75, 3.05) is 19.7 Å². The van der Waals surface area contributed by atoms with Crippen molar-refractivity contribution in [3.63, 3.8) is 0 Å². The van der Waals surface area contributed by atoms with Gasteiger partial charge in [-0.2, -0.15) is 0 Å². The smallest absolute Gasteiger partial charge is 0.191 e. The number of guanidine groups is 1. The first kappa shape index (κ1) is 25.4. The molecule has 0 bridgehead atoms. The number of nitrogens with zero attached hydrogens (tertiary/aromatic N) is 2. The molecule has 29 heavy (non-hydrogen) atoms. The number of nitrogens with one attached hydrogen (secondary N) is 2. The van der Waals surface area contributed by atoms with E-state index in [-0.39, 0.29) is 24.0 Å². The lowest BCUT2D eigenvalue weighted by atomic mass is 10.1. The fourth-order valence-electron chi connectivity index (χ4n) is 2.90. The molecule has 1 aromatic heterocycles. The van der Waals surface area contributed by atoms with Gasteiger partial charge in [-0.15, -0.1) is 24.0 Å². The van der Waals surface area contributed by atoms with Gasteiger partial charge in [-0.3, -0.25) is 0 Å². The third-order valence-electron chi connectivity index (χ3n) is 4.48. The maximum atomic E-state index is 5.83. The van der Waals surface area contributed by atoms with E-state index in [4.69, 9.17) is 14.3 Å². The summed E-state index contributed by atoms with van der Waals surface area (Å²) in [6.45, 7) is 11.9. The van der Waals surface area contributed by atoms with Crippen LogP contribution in [0.1, 0.15) is 50.3 Å². The molecule has 162 valence electrons. The number of hydrogen-bond donors (Lipinski definition) is 2. The van der Waals surface area contributed by atoms with Crippen molar-refractivity contribution in [3.05, 3.63) is 52.9 Å². The van der Waals surface area contributed by atoms with Crippen LogP contribution in [0.4, 0.5) is 0 Å². The Labute approximate surface area is 191 Å². The number of hydrogen-bond acceptors (Lipinski definition) is 4. The van der Waals surface area contributed by atoms with Crippen LogP contribution < -0.4 is 10.6 Å². The summed E-state index contributed by atoms with van der Waals surface area (Å²) in [4.78, 5) is 4.73. The van der Waals surface area contributed by atoms with Gasteiger partial charge in [-0.1, -0.05) is 56.3 Å². The van der Waals surface area contributed by atoms with Crippen LogP contribution in [0, 0.1) is 5.92 Å². The van der Waals surface area contributed by atoms with Crippen LogP contribution in [0.2, 0.25) is 0 Å². The summed E-state index contributed by atoms with van der Waals surface area (Å²) in [6, 6.07) is 10.3. The van der Waals surface area contributed by atoms with Crippen LogP contribution >= 0.6 is 24.0 Å². The molecule has 0 aliphatic rings. The highest BCUT2D eigenvalue weighted by molar-refractivity contribution is 14.0. The van der Waals surface area contributed by atoms with E-state index < -0.39 is 0 Å². The zero-order chi connectivity index (χ0) is 20.2. The first-order valence-corrected chi connectivity index (χ1v) is 10.3. The molecule has 0 radical (unpaired) electrons. The largest absolute Gasteiger partial charge is 0.376 e. The molecule has 0 amide bonds. The van der Waals surface area contributed by atoms with Gasteiger partial charge in [0.05, 0.1) is 25.5 Å². The quantitative estimate of drug-likeness (QED) is 0.266. The van der Waals surface area contributed by atoms with Crippen LogP contribution in [0.15, 0.2) is 39.8 Å². The maximum Gasteiger partial charge on any atom is 0.191 e. The van der Waals surface area contributed by atoms with Crippen LogP contribution in [0.5, 0.6) is 0 Å². The summed E-state index contributed by atoms with van der Waals surface area (Å²) in [6.07, 6.45) is 1.69. The van der Waals surface area contributed by atoms with Crippen molar-refractivity contribution in [3.8, 4) is 0 Å². The Morgan fingerprint density at radius 3 is 2.55 bits per heavy atom. The van der Waals surface area contributed by atoms with E-state index in [9.17, 15) is 0 Å². The highest BCUT2D eigenvalue weighted by atomic mass is 127. The summed E-state index contributed by atoms with van der Waals surface area (Å²) in [7, 11) is 0. The second-order valence-corrected chi connectivity index (χ2v) is 6.92.